The molecule has 1 N–H and O–H groups in total. The zero-order valence-electron chi connectivity index (χ0n) is 14.5. The van der Waals surface area contributed by atoms with E-state index in [1.54, 1.807) is 17.0 Å². The molecule has 0 spiro atoms. The highest BCUT2D eigenvalue weighted by molar-refractivity contribution is 9.10. The molecule has 1 amide bonds. The van der Waals surface area contributed by atoms with E-state index in [1.807, 2.05) is 31.2 Å². The van der Waals surface area contributed by atoms with Crippen molar-refractivity contribution in [1.82, 2.24) is 4.90 Å². The van der Waals surface area contributed by atoms with E-state index in [4.69, 9.17) is 4.74 Å². The maximum Gasteiger partial charge on any atom is 0.411 e. The van der Waals surface area contributed by atoms with Crippen molar-refractivity contribution in [3.05, 3.63) is 69.9 Å². The van der Waals surface area contributed by atoms with Crippen molar-refractivity contribution in [3.63, 3.8) is 0 Å². The first kappa shape index (κ1) is 18.9. The first-order valence-electron chi connectivity index (χ1n) is 8.57. The SMILES string of the molecule is C[C@@H](c1ccc(Br)cc1)N1CCC(CCO)(c2ccc(F)cc2)OC1=O. The van der Waals surface area contributed by atoms with Gasteiger partial charge in [0.15, 0.2) is 0 Å². The Balaban J connectivity index is 1.81. The van der Waals surface area contributed by atoms with Gasteiger partial charge in [0.1, 0.15) is 11.4 Å². The second-order valence-corrected chi connectivity index (χ2v) is 7.43. The minimum absolute atomic E-state index is 0.118. The molecule has 4 nitrogen and oxygen atoms in total. The average Bonchev–Trinajstić information content (AvgIpc) is 2.63. The molecule has 0 bridgehead atoms. The predicted molar refractivity (Wildman–Crippen MR) is 100 cm³/mol. The van der Waals surface area contributed by atoms with Gasteiger partial charge >= 0.3 is 6.09 Å². The lowest BCUT2D eigenvalue weighted by Crippen LogP contribution is -2.49. The van der Waals surface area contributed by atoms with Gasteiger partial charge in [-0.2, -0.15) is 0 Å². The number of aliphatic hydroxyl groups is 1. The molecule has 1 heterocycles. The molecule has 0 aromatic heterocycles. The van der Waals surface area contributed by atoms with Gasteiger partial charge < -0.3 is 14.7 Å². The van der Waals surface area contributed by atoms with Crippen molar-refractivity contribution in [2.45, 2.75) is 31.4 Å². The summed E-state index contributed by atoms with van der Waals surface area (Å²) in [4.78, 5) is 14.4. The standard InChI is InChI=1S/C20H21BrFNO3/c1-14(15-2-6-17(21)7-3-15)23-12-10-20(11-13-24,26-19(23)25)16-4-8-18(22)9-5-16/h2-9,14,24H,10-13H2,1H3/t14-,20?/m0/s1. The minimum atomic E-state index is -0.921. The summed E-state index contributed by atoms with van der Waals surface area (Å²) in [5.74, 6) is -0.347. The van der Waals surface area contributed by atoms with Crippen LogP contribution in [0.1, 0.15) is 36.9 Å². The fourth-order valence-corrected chi connectivity index (χ4v) is 3.66. The first-order chi connectivity index (χ1) is 12.4. The second kappa shape index (κ2) is 7.76. The summed E-state index contributed by atoms with van der Waals surface area (Å²) in [5, 5.41) is 9.48. The van der Waals surface area contributed by atoms with E-state index in [0.29, 0.717) is 18.5 Å². The van der Waals surface area contributed by atoms with Gasteiger partial charge in [0.2, 0.25) is 0 Å². The molecule has 2 aromatic rings. The van der Waals surface area contributed by atoms with Gasteiger partial charge in [0, 0.05) is 30.5 Å². The number of benzene rings is 2. The molecule has 3 rings (SSSR count). The van der Waals surface area contributed by atoms with Crippen LogP contribution >= 0.6 is 15.9 Å². The van der Waals surface area contributed by atoms with E-state index in [0.717, 1.165) is 10.0 Å². The van der Waals surface area contributed by atoms with Crippen molar-refractivity contribution in [1.29, 1.82) is 0 Å². The minimum Gasteiger partial charge on any atom is -0.438 e. The highest BCUT2D eigenvalue weighted by atomic mass is 79.9. The zero-order chi connectivity index (χ0) is 18.7. The Hall–Kier alpha value is -1.92. The van der Waals surface area contributed by atoms with Crippen LogP contribution in [-0.2, 0) is 10.3 Å². The molecular weight excluding hydrogens is 401 g/mol. The first-order valence-corrected chi connectivity index (χ1v) is 9.36. The van der Waals surface area contributed by atoms with Gasteiger partial charge in [-0.3, -0.25) is 0 Å². The zero-order valence-corrected chi connectivity index (χ0v) is 16.1. The molecule has 0 aliphatic carbocycles. The number of carbonyl (C=O) groups is 1. The summed E-state index contributed by atoms with van der Waals surface area (Å²) in [7, 11) is 0. The molecule has 2 atom stereocenters. The predicted octanol–water partition coefficient (Wildman–Crippen LogP) is 4.77. The van der Waals surface area contributed by atoms with Gasteiger partial charge in [-0.15, -0.1) is 0 Å². The Morgan fingerprint density at radius 2 is 1.88 bits per heavy atom. The maximum absolute atomic E-state index is 13.3. The Kier molecular flexibility index (Phi) is 5.63. The van der Waals surface area contributed by atoms with Crippen LogP contribution in [0.2, 0.25) is 0 Å². The Morgan fingerprint density at radius 3 is 2.46 bits per heavy atom. The topological polar surface area (TPSA) is 49.8 Å². The molecule has 26 heavy (non-hydrogen) atoms. The maximum atomic E-state index is 13.3. The fourth-order valence-electron chi connectivity index (χ4n) is 3.40. The van der Waals surface area contributed by atoms with E-state index in [-0.39, 0.29) is 24.9 Å². The van der Waals surface area contributed by atoms with Crippen LogP contribution in [0.25, 0.3) is 0 Å². The average molecular weight is 422 g/mol. The van der Waals surface area contributed by atoms with Crippen LogP contribution in [0.15, 0.2) is 53.0 Å². The lowest BCUT2D eigenvalue weighted by molar-refractivity contribution is -0.0718. The van der Waals surface area contributed by atoms with E-state index in [9.17, 15) is 14.3 Å². The van der Waals surface area contributed by atoms with E-state index >= 15 is 0 Å². The summed E-state index contributed by atoms with van der Waals surface area (Å²) in [6.45, 7) is 2.34. The molecule has 1 fully saturated rings. The van der Waals surface area contributed by atoms with Crippen LogP contribution < -0.4 is 0 Å². The quantitative estimate of drug-likeness (QED) is 0.756. The van der Waals surface area contributed by atoms with Crippen LogP contribution in [0.4, 0.5) is 9.18 Å². The third kappa shape index (κ3) is 3.76. The third-order valence-electron chi connectivity index (χ3n) is 4.98. The largest absolute Gasteiger partial charge is 0.438 e. The highest BCUT2D eigenvalue weighted by Gasteiger charge is 2.43. The third-order valence-corrected chi connectivity index (χ3v) is 5.51. The summed E-state index contributed by atoms with van der Waals surface area (Å²) in [6, 6.07) is 13.6. The van der Waals surface area contributed by atoms with Gasteiger partial charge in [0.25, 0.3) is 0 Å². The van der Waals surface area contributed by atoms with E-state index in [1.165, 1.54) is 12.1 Å². The number of hydrogen-bond donors (Lipinski definition) is 1. The van der Waals surface area contributed by atoms with Gasteiger partial charge in [-0.1, -0.05) is 40.2 Å². The Morgan fingerprint density at radius 1 is 1.23 bits per heavy atom. The van der Waals surface area contributed by atoms with Crippen LogP contribution in [0, 0.1) is 5.82 Å². The number of cyclic esters (lactones) is 1. The van der Waals surface area contributed by atoms with Crippen molar-refractivity contribution < 1.29 is 19.0 Å². The summed E-state index contributed by atoms with van der Waals surface area (Å²) in [5.41, 5.74) is 0.800. The van der Waals surface area contributed by atoms with Crippen molar-refractivity contribution in [2.24, 2.45) is 0 Å². The summed E-state index contributed by atoms with van der Waals surface area (Å²) < 4.78 is 20.1. The molecule has 0 radical (unpaired) electrons. The molecular formula is C20H21BrFNO3. The van der Waals surface area contributed by atoms with E-state index < -0.39 is 11.7 Å². The van der Waals surface area contributed by atoms with Gasteiger partial charge in [-0.25, -0.2) is 9.18 Å². The number of hydrogen-bond acceptors (Lipinski definition) is 3. The summed E-state index contributed by atoms with van der Waals surface area (Å²) >= 11 is 3.41. The lowest BCUT2D eigenvalue weighted by Gasteiger charge is -2.43. The van der Waals surface area contributed by atoms with Gasteiger partial charge in [-0.05, 0) is 42.3 Å². The summed E-state index contributed by atoms with van der Waals surface area (Å²) in [6.07, 6.45) is 0.390. The molecule has 138 valence electrons. The monoisotopic (exact) mass is 421 g/mol. The molecule has 1 aliphatic rings. The van der Waals surface area contributed by atoms with Gasteiger partial charge in [0.05, 0.1) is 6.04 Å². The van der Waals surface area contributed by atoms with Crippen LogP contribution in [-0.4, -0.2) is 29.3 Å². The van der Waals surface area contributed by atoms with E-state index in [2.05, 4.69) is 15.9 Å². The molecule has 1 unspecified atom stereocenters. The molecule has 1 saturated heterocycles. The second-order valence-electron chi connectivity index (χ2n) is 6.51. The lowest BCUT2D eigenvalue weighted by atomic mass is 9.85. The number of ether oxygens (including phenoxy) is 1. The number of halogens is 2. The molecule has 1 aliphatic heterocycles. The van der Waals surface area contributed by atoms with Crippen molar-refractivity contribution in [2.75, 3.05) is 13.2 Å². The van der Waals surface area contributed by atoms with Crippen LogP contribution in [0.3, 0.4) is 0 Å². The fraction of sp³-hybridized carbons (Fsp3) is 0.350. The smallest absolute Gasteiger partial charge is 0.411 e. The normalized spacial score (nSPS) is 21.4. The van der Waals surface area contributed by atoms with Crippen molar-refractivity contribution >= 4 is 22.0 Å². The number of amides is 1. The van der Waals surface area contributed by atoms with Crippen molar-refractivity contribution in [3.8, 4) is 0 Å². The number of rotatable bonds is 5. The number of nitrogens with zero attached hydrogens (tertiary/aromatic N) is 1. The highest BCUT2D eigenvalue weighted by Crippen LogP contribution is 2.39. The molecule has 0 saturated carbocycles. The number of carbonyl (C=O) groups excluding carboxylic acids is 1. The molecule has 2 aromatic carbocycles. The van der Waals surface area contributed by atoms with Crippen LogP contribution in [0.5, 0.6) is 0 Å². The number of aliphatic hydroxyl groups excluding tert-OH is 1. The Bertz CT molecular complexity index is 766. The molecule has 6 heteroatoms. The Labute approximate surface area is 160 Å².